The zero-order chi connectivity index (χ0) is 12.9. The van der Waals surface area contributed by atoms with Gasteiger partial charge in [0.2, 0.25) is 0 Å². The Hall–Kier alpha value is -0.610. The minimum absolute atomic E-state index is 0.233. The van der Waals surface area contributed by atoms with Gasteiger partial charge in [0.1, 0.15) is 0 Å². The monoisotopic (exact) mass is 245 g/mol. The summed E-state index contributed by atoms with van der Waals surface area (Å²) in [6.45, 7) is 8.46. The molecule has 0 radical (unpaired) electrons. The molecule has 4 nitrogen and oxygen atoms in total. The fourth-order valence-electron chi connectivity index (χ4n) is 1.64. The molecule has 4 heteroatoms. The van der Waals surface area contributed by atoms with E-state index in [9.17, 15) is 4.79 Å². The number of hydrogen-bond acceptors (Lipinski definition) is 3. The average molecular weight is 245 g/mol. The Morgan fingerprint density at radius 1 is 1.06 bits per heavy atom. The molecule has 0 aromatic carbocycles. The van der Waals surface area contributed by atoms with E-state index in [2.05, 4.69) is 18.7 Å². The van der Waals surface area contributed by atoms with Crippen LogP contribution in [0.5, 0.6) is 0 Å². The largest absolute Gasteiger partial charge is 0.481 e. The molecule has 0 rings (SSSR count). The molecule has 0 fully saturated rings. The molecule has 0 heterocycles. The lowest BCUT2D eigenvalue weighted by Gasteiger charge is -2.20. The molecule has 0 saturated carbocycles. The van der Waals surface area contributed by atoms with Crippen LogP contribution in [0, 0.1) is 0 Å². The molecule has 17 heavy (non-hydrogen) atoms. The van der Waals surface area contributed by atoms with Crippen molar-refractivity contribution in [3.63, 3.8) is 0 Å². The highest BCUT2D eigenvalue weighted by atomic mass is 16.5. The van der Waals surface area contributed by atoms with Crippen molar-refractivity contribution in [3.05, 3.63) is 0 Å². The Morgan fingerprint density at radius 2 is 1.76 bits per heavy atom. The van der Waals surface area contributed by atoms with E-state index < -0.39 is 5.97 Å². The minimum atomic E-state index is -0.717. The van der Waals surface area contributed by atoms with Crippen LogP contribution in [0.4, 0.5) is 0 Å². The average Bonchev–Trinajstić information content (AvgIpc) is 2.30. The number of ether oxygens (including phenoxy) is 1. The summed E-state index contributed by atoms with van der Waals surface area (Å²) in [6.07, 6.45) is 4.58. The SMILES string of the molecule is CCCCOCCCN(CCC)CCC(=O)O. The van der Waals surface area contributed by atoms with Gasteiger partial charge in [0.05, 0.1) is 6.42 Å². The Balaban J connectivity index is 3.51. The number of unbranched alkanes of at least 4 members (excludes halogenated alkanes) is 1. The summed E-state index contributed by atoms with van der Waals surface area (Å²) in [4.78, 5) is 12.7. The lowest BCUT2D eigenvalue weighted by Crippen LogP contribution is -2.29. The molecule has 0 amide bonds. The second-order valence-corrected chi connectivity index (χ2v) is 4.30. The van der Waals surface area contributed by atoms with Gasteiger partial charge in [-0.3, -0.25) is 4.79 Å². The van der Waals surface area contributed by atoms with E-state index in [1.807, 2.05) is 0 Å². The summed E-state index contributed by atoms with van der Waals surface area (Å²) in [7, 11) is 0. The zero-order valence-corrected chi connectivity index (χ0v) is 11.3. The van der Waals surface area contributed by atoms with Gasteiger partial charge in [-0.2, -0.15) is 0 Å². The van der Waals surface area contributed by atoms with Crippen molar-refractivity contribution in [2.75, 3.05) is 32.8 Å². The third kappa shape index (κ3) is 11.6. The number of aliphatic carboxylic acids is 1. The van der Waals surface area contributed by atoms with Crippen molar-refractivity contribution >= 4 is 5.97 Å². The molecule has 102 valence electrons. The van der Waals surface area contributed by atoms with Crippen molar-refractivity contribution in [2.45, 2.75) is 46.0 Å². The van der Waals surface area contributed by atoms with Gasteiger partial charge in [0.15, 0.2) is 0 Å². The number of nitrogens with zero attached hydrogens (tertiary/aromatic N) is 1. The molecule has 0 saturated heterocycles. The summed E-state index contributed by atoms with van der Waals surface area (Å²) in [5.41, 5.74) is 0. The van der Waals surface area contributed by atoms with E-state index >= 15 is 0 Å². The van der Waals surface area contributed by atoms with Gasteiger partial charge in [0, 0.05) is 26.3 Å². The van der Waals surface area contributed by atoms with Crippen LogP contribution in [0.2, 0.25) is 0 Å². The predicted octanol–water partition coefficient (Wildman–Crippen LogP) is 2.38. The van der Waals surface area contributed by atoms with Crippen LogP contribution in [-0.2, 0) is 9.53 Å². The highest BCUT2D eigenvalue weighted by molar-refractivity contribution is 5.66. The number of hydrogen-bond donors (Lipinski definition) is 1. The number of rotatable bonds is 12. The predicted molar refractivity (Wildman–Crippen MR) is 69.3 cm³/mol. The first-order chi connectivity index (χ1) is 8.20. The highest BCUT2D eigenvalue weighted by Gasteiger charge is 2.06. The van der Waals surface area contributed by atoms with Crippen LogP contribution in [0.1, 0.15) is 46.0 Å². The van der Waals surface area contributed by atoms with E-state index in [0.29, 0.717) is 6.54 Å². The van der Waals surface area contributed by atoms with E-state index in [-0.39, 0.29) is 6.42 Å². The lowest BCUT2D eigenvalue weighted by molar-refractivity contribution is -0.137. The van der Waals surface area contributed by atoms with Crippen LogP contribution < -0.4 is 0 Å². The maximum Gasteiger partial charge on any atom is 0.304 e. The van der Waals surface area contributed by atoms with E-state index in [0.717, 1.165) is 45.6 Å². The Bertz CT molecular complexity index is 186. The lowest BCUT2D eigenvalue weighted by atomic mass is 10.3. The highest BCUT2D eigenvalue weighted by Crippen LogP contribution is 1.98. The van der Waals surface area contributed by atoms with Crippen molar-refractivity contribution in [1.82, 2.24) is 4.90 Å². The Labute approximate surface area is 105 Å². The third-order valence-corrected chi connectivity index (χ3v) is 2.59. The second-order valence-electron chi connectivity index (χ2n) is 4.30. The molecule has 0 atom stereocenters. The van der Waals surface area contributed by atoms with Crippen LogP contribution in [0.15, 0.2) is 0 Å². The number of carboxylic acid groups (broad SMARTS) is 1. The summed E-state index contributed by atoms with van der Waals surface area (Å²) in [6, 6.07) is 0. The molecule has 0 aliphatic rings. The summed E-state index contributed by atoms with van der Waals surface area (Å²) in [5, 5.41) is 8.65. The van der Waals surface area contributed by atoms with Crippen molar-refractivity contribution in [1.29, 1.82) is 0 Å². The maximum atomic E-state index is 10.5. The van der Waals surface area contributed by atoms with Gasteiger partial charge in [-0.05, 0) is 25.8 Å². The van der Waals surface area contributed by atoms with Crippen molar-refractivity contribution in [3.8, 4) is 0 Å². The van der Waals surface area contributed by atoms with E-state index in [1.54, 1.807) is 0 Å². The van der Waals surface area contributed by atoms with Crippen LogP contribution in [0.3, 0.4) is 0 Å². The van der Waals surface area contributed by atoms with Crippen molar-refractivity contribution < 1.29 is 14.6 Å². The molecule has 0 spiro atoms. The molecule has 0 aliphatic heterocycles. The molecule has 0 aromatic heterocycles. The molecule has 0 aliphatic carbocycles. The quantitative estimate of drug-likeness (QED) is 0.536. The smallest absolute Gasteiger partial charge is 0.304 e. The first kappa shape index (κ1) is 16.4. The van der Waals surface area contributed by atoms with E-state index in [4.69, 9.17) is 9.84 Å². The minimum Gasteiger partial charge on any atom is -0.481 e. The van der Waals surface area contributed by atoms with Gasteiger partial charge < -0.3 is 14.7 Å². The van der Waals surface area contributed by atoms with E-state index in [1.165, 1.54) is 6.42 Å². The van der Waals surface area contributed by atoms with Crippen LogP contribution in [0.25, 0.3) is 0 Å². The van der Waals surface area contributed by atoms with Gasteiger partial charge in [-0.1, -0.05) is 20.3 Å². The van der Waals surface area contributed by atoms with Gasteiger partial charge in [-0.25, -0.2) is 0 Å². The van der Waals surface area contributed by atoms with Gasteiger partial charge in [-0.15, -0.1) is 0 Å². The standard InChI is InChI=1S/C13H27NO3/c1-3-5-11-17-12-6-9-14(8-4-2)10-7-13(15)16/h3-12H2,1-2H3,(H,15,16). The van der Waals surface area contributed by atoms with Crippen LogP contribution in [-0.4, -0.2) is 48.8 Å². The molecule has 0 unspecified atom stereocenters. The molecule has 0 aromatic rings. The van der Waals surface area contributed by atoms with Gasteiger partial charge in [0.25, 0.3) is 0 Å². The summed E-state index contributed by atoms with van der Waals surface area (Å²) < 4.78 is 5.49. The Kier molecular flexibility index (Phi) is 11.4. The van der Waals surface area contributed by atoms with Crippen LogP contribution >= 0.6 is 0 Å². The third-order valence-electron chi connectivity index (χ3n) is 2.59. The van der Waals surface area contributed by atoms with Crippen molar-refractivity contribution in [2.24, 2.45) is 0 Å². The normalized spacial score (nSPS) is 11.0. The fraction of sp³-hybridized carbons (Fsp3) is 0.923. The summed E-state index contributed by atoms with van der Waals surface area (Å²) in [5.74, 6) is -0.717. The van der Waals surface area contributed by atoms with Gasteiger partial charge >= 0.3 is 5.97 Å². The molecular formula is C13H27NO3. The second kappa shape index (κ2) is 11.9. The topological polar surface area (TPSA) is 49.8 Å². The number of carboxylic acids is 1. The molecule has 0 bridgehead atoms. The zero-order valence-electron chi connectivity index (χ0n) is 11.3. The first-order valence-corrected chi connectivity index (χ1v) is 6.72. The molecular weight excluding hydrogens is 218 g/mol. The number of carbonyl (C=O) groups is 1. The Morgan fingerprint density at radius 3 is 2.35 bits per heavy atom. The summed E-state index contributed by atoms with van der Waals surface area (Å²) >= 11 is 0. The maximum absolute atomic E-state index is 10.5. The first-order valence-electron chi connectivity index (χ1n) is 6.72. The fourth-order valence-corrected chi connectivity index (χ4v) is 1.64. The molecule has 1 N–H and O–H groups in total.